The number of nitrogens with one attached hydrogen (secondary N) is 1. The summed E-state index contributed by atoms with van der Waals surface area (Å²) in [7, 11) is 0. The minimum absolute atomic E-state index is 0.398. The zero-order chi connectivity index (χ0) is 11.7. The molecule has 0 radical (unpaired) electrons. The van der Waals surface area contributed by atoms with Crippen LogP contribution in [0.2, 0.25) is 10.2 Å². The van der Waals surface area contributed by atoms with E-state index >= 15 is 0 Å². The van der Waals surface area contributed by atoms with Crippen molar-refractivity contribution >= 4 is 46.2 Å². The molecule has 0 fully saturated rings. The minimum atomic E-state index is -1.02. The summed E-state index contributed by atoms with van der Waals surface area (Å²) in [5, 5.41) is 10.3. The fourth-order valence-electron chi connectivity index (χ4n) is 1.47. The molecule has 0 aliphatic rings. The van der Waals surface area contributed by atoms with Crippen LogP contribution in [0.1, 0.15) is 5.56 Å². The van der Waals surface area contributed by atoms with E-state index in [1.807, 2.05) is 0 Å². The van der Waals surface area contributed by atoms with Crippen LogP contribution in [0.15, 0.2) is 24.3 Å². The molecule has 0 amide bonds. The maximum atomic E-state index is 10.4. The van der Waals surface area contributed by atoms with Gasteiger partial charge in [0.2, 0.25) is 0 Å². The van der Waals surface area contributed by atoms with Gasteiger partial charge in [-0.1, -0.05) is 23.2 Å². The van der Waals surface area contributed by atoms with Gasteiger partial charge in [0.15, 0.2) is 0 Å². The third-order valence-electron chi connectivity index (χ3n) is 2.15. The number of hydrogen-bond acceptors (Lipinski definition) is 1. The summed E-state index contributed by atoms with van der Waals surface area (Å²) in [6, 6.07) is 5.27. The van der Waals surface area contributed by atoms with Gasteiger partial charge in [-0.25, -0.2) is 4.79 Å². The first kappa shape index (κ1) is 11.0. The molecule has 1 aromatic carbocycles. The first-order valence-corrected chi connectivity index (χ1v) is 5.21. The van der Waals surface area contributed by atoms with Crippen LogP contribution in [0.5, 0.6) is 0 Å². The van der Waals surface area contributed by atoms with Crippen molar-refractivity contribution in [1.82, 2.24) is 4.98 Å². The zero-order valence-electron chi connectivity index (χ0n) is 8.00. The highest BCUT2D eigenvalue weighted by atomic mass is 35.5. The van der Waals surface area contributed by atoms with Crippen LogP contribution in [0.25, 0.3) is 17.0 Å². The molecule has 82 valence electrons. The highest BCUT2D eigenvalue weighted by Gasteiger charge is 2.07. The van der Waals surface area contributed by atoms with E-state index in [4.69, 9.17) is 28.3 Å². The standard InChI is InChI=1S/C11H7Cl2NO2/c12-6-1-3-9-8(5-6)7(11(13)14-9)2-4-10(15)16/h1-5,14H,(H,15,16)/b4-2+. The highest BCUT2D eigenvalue weighted by Crippen LogP contribution is 2.29. The summed E-state index contributed by atoms with van der Waals surface area (Å²) >= 11 is 11.8. The van der Waals surface area contributed by atoms with Crippen molar-refractivity contribution in [2.45, 2.75) is 0 Å². The van der Waals surface area contributed by atoms with Gasteiger partial charge in [0.25, 0.3) is 0 Å². The molecular formula is C11H7Cl2NO2. The Morgan fingerprint density at radius 3 is 2.81 bits per heavy atom. The molecule has 2 rings (SSSR count). The highest BCUT2D eigenvalue weighted by molar-refractivity contribution is 6.34. The largest absolute Gasteiger partial charge is 0.478 e. The fraction of sp³-hybridized carbons (Fsp3) is 0. The number of fused-ring (bicyclic) bond motifs is 1. The monoisotopic (exact) mass is 255 g/mol. The van der Waals surface area contributed by atoms with Gasteiger partial charge >= 0.3 is 5.97 Å². The second-order valence-corrected chi connectivity index (χ2v) is 4.03. The van der Waals surface area contributed by atoms with E-state index in [-0.39, 0.29) is 0 Å². The number of carboxylic acid groups (broad SMARTS) is 1. The number of aliphatic carboxylic acids is 1. The van der Waals surface area contributed by atoms with Gasteiger partial charge < -0.3 is 10.1 Å². The van der Waals surface area contributed by atoms with Crippen molar-refractivity contribution in [3.05, 3.63) is 40.0 Å². The van der Waals surface area contributed by atoms with Gasteiger partial charge in [-0.15, -0.1) is 0 Å². The Hall–Kier alpha value is -1.45. The number of benzene rings is 1. The maximum Gasteiger partial charge on any atom is 0.328 e. The molecule has 0 spiro atoms. The van der Waals surface area contributed by atoms with Crippen LogP contribution < -0.4 is 0 Å². The van der Waals surface area contributed by atoms with Crippen molar-refractivity contribution < 1.29 is 9.90 Å². The fourth-order valence-corrected chi connectivity index (χ4v) is 1.91. The lowest BCUT2D eigenvalue weighted by molar-refractivity contribution is -0.131. The molecule has 2 N–H and O–H groups in total. The lowest BCUT2D eigenvalue weighted by Crippen LogP contribution is -1.85. The van der Waals surface area contributed by atoms with Crippen LogP contribution >= 0.6 is 23.2 Å². The third-order valence-corrected chi connectivity index (χ3v) is 2.68. The molecule has 1 aromatic heterocycles. The average Bonchev–Trinajstić information content (AvgIpc) is 2.51. The Balaban J connectivity index is 2.62. The number of halogens is 2. The molecule has 3 nitrogen and oxygen atoms in total. The third kappa shape index (κ3) is 2.05. The van der Waals surface area contributed by atoms with Crippen molar-refractivity contribution in [1.29, 1.82) is 0 Å². The van der Waals surface area contributed by atoms with Crippen LogP contribution in [-0.2, 0) is 4.79 Å². The molecule has 0 aliphatic carbocycles. The van der Waals surface area contributed by atoms with E-state index in [1.165, 1.54) is 6.08 Å². The molecule has 16 heavy (non-hydrogen) atoms. The normalized spacial score (nSPS) is 11.4. The van der Waals surface area contributed by atoms with Crippen molar-refractivity contribution in [2.75, 3.05) is 0 Å². The smallest absolute Gasteiger partial charge is 0.328 e. The molecule has 2 aromatic rings. The van der Waals surface area contributed by atoms with E-state index in [1.54, 1.807) is 18.2 Å². The Morgan fingerprint density at radius 2 is 2.12 bits per heavy atom. The van der Waals surface area contributed by atoms with E-state index in [2.05, 4.69) is 4.98 Å². The summed E-state index contributed by atoms with van der Waals surface area (Å²) in [5.41, 5.74) is 1.45. The van der Waals surface area contributed by atoms with Gasteiger partial charge in [0, 0.05) is 27.6 Å². The van der Waals surface area contributed by atoms with Gasteiger partial charge in [0.1, 0.15) is 5.15 Å². The lowest BCUT2D eigenvalue weighted by atomic mass is 10.1. The van der Waals surface area contributed by atoms with E-state index in [0.717, 1.165) is 17.0 Å². The van der Waals surface area contributed by atoms with E-state index < -0.39 is 5.97 Å². The topological polar surface area (TPSA) is 53.1 Å². The number of H-pyrrole nitrogens is 1. The quantitative estimate of drug-likeness (QED) is 0.807. The molecule has 0 aliphatic heterocycles. The van der Waals surface area contributed by atoms with Crippen molar-refractivity contribution in [3.63, 3.8) is 0 Å². The molecule has 0 saturated heterocycles. The number of hydrogen-bond donors (Lipinski definition) is 2. The summed E-state index contributed by atoms with van der Waals surface area (Å²) in [4.78, 5) is 13.4. The lowest BCUT2D eigenvalue weighted by Gasteiger charge is -1.93. The predicted molar refractivity (Wildman–Crippen MR) is 65.0 cm³/mol. The van der Waals surface area contributed by atoms with Gasteiger partial charge in [-0.05, 0) is 24.3 Å². The number of rotatable bonds is 2. The predicted octanol–water partition coefficient (Wildman–Crippen LogP) is 3.57. The second kappa shape index (κ2) is 4.20. The number of aromatic nitrogens is 1. The van der Waals surface area contributed by atoms with Gasteiger partial charge in [-0.3, -0.25) is 0 Å². The minimum Gasteiger partial charge on any atom is -0.478 e. The zero-order valence-corrected chi connectivity index (χ0v) is 9.51. The first-order chi connectivity index (χ1) is 7.58. The van der Waals surface area contributed by atoms with Crippen LogP contribution in [-0.4, -0.2) is 16.1 Å². The molecule has 0 saturated carbocycles. The Kier molecular flexibility index (Phi) is 2.90. The van der Waals surface area contributed by atoms with Crippen molar-refractivity contribution in [3.8, 4) is 0 Å². The summed E-state index contributed by atoms with van der Waals surface area (Å²) < 4.78 is 0. The number of carboxylic acids is 1. The van der Waals surface area contributed by atoms with E-state index in [9.17, 15) is 4.79 Å². The molecule has 5 heteroatoms. The molecule has 0 atom stereocenters. The molecule has 1 heterocycles. The second-order valence-electron chi connectivity index (χ2n) is 3.21. The Morgan fingerprint density at radius 1 is 1.38 bits per heavy atom. The average molecular weight is 256 g/mol. The molecular weight excluding hydrogens is 249 g/mol. The van der Waals surface area contributed by atoms with Crippen LogP contribution in [0, 0.1) is 0 Å². The summed E-state index contributed by atoms with van der Waals surface area (Å²) in [5.74, 6) is -1.02. The number of aromatic amines is 1. The van der Waals surface area contributed by atoms with Crippen LogP contribution in [0.4, 0.5) is 0 Å². The van der Waals surface area contributed by atoms with Gasteiger partial charge in [0.05, 0.1) is 0 Å². The molecule has 0 unspecified atom stereocenters. The first-order valence-electron chi connectivity index (χ1n) is 4.45. The maximum absolute atomic E-state index is 10.4. The van der Waals surface area contributed by atoms with E-state index in [0.29, 0.717) is 15.7 Å². The summed E-state index contributed by atoms with van der Waals surface area (Å²) in [6.07, 6.45) is 2.48. The SMILES string of the molecule is O=C(O)/C=C/c1c(Cl)[nH]c2ccc(Cl)cc12. The van der Waals surface area contributed by atoms with Crippen molar-refractivity contribution in [2.24, 2.45) is 0 Å². The molecule has 0 bridgehead atoms. The van der Waals surface area contributed by atoms with Gasteiger partial charge in [-0.2, -0.15) is 0 Å². The summed E-state index contributed by atoms with van der Waals surface area (Å²) in [6.45, 7) is 0. The Labute approximate surface area is 101 Å². The Bertz CT molecular complexity index is 587. The van der Waals surface area contributed by atoms with Crippen LogP contribution in [0.3, 0.4) is 0 Å². The number of carbonyl (C=O) groups is 1.